The number of carbonyl (C=O) groups is 1. The minimum absolute atomic E-state index is 0.00368. The lowest BCUT2D eigenvalue weighted by Gasteiger charge is -2.25. The molecule has 3 aromatic rings. The van der Waals surface area contributed by atoms with Gasteiger partial charge in [0.1, 0.15) is 0 Å². The van der Waals surface area contributed by atoms with E-state index in [4.69, 9.17) is 4.74 Å². The zero-order valence-electron chi connectivity index (χ0n) is 18.1. The minimum atomic E-state index is -0.549. The third-order valence-electron chi connectivity index (χ3n) is 5.57. The van der Waals surface area contributed by atoms with Crippen molar-refractivity contribution in [2.75, 3.05) is 39.6 Å². The number of hydrogen-bond acceptors (Lipinski definition) is 5. The molecule has 0 unspecified atom stereocenters. The highest BCUT2D eigenvalue weighted by molar-refractivity contribution is 6.06. The van der Waals surface area contributed by atoms with Gasteiger partial charge in [-0.25, -0.2) is 8.78 Å². The van der Waals surface area contributed by atoms with E-state index in [9.17, 15) is 13.6 Å². The average molecular weight is 441 g/mol. The molecule has 0 fully saturated rings. The van der Waals surface area contributed by atoms with E-state index >= 15 is 0 Å². The molecule has 0 bridgehead atoms. The van der Waals surface area contributed by atoms with Crippen molar-refractivity contribution in [2.24, 2.45) is 0 Å². The Hall–Kier alpha value is -3.46. The Morgan fingerprint density at radius 1 is 1.25 bits per heavy atom. The number of aromatic amines is 1. The van der Waals surface area contributed by atoms with Crippen molar-refractivity contribution < 1.29 is 18.3 Å². The first-order valence-corrected chi connectivity index (χ1v) is 10.3. The highest BCUT2D eigenvalue weighted by Crippen LogP contribution is 2.42. The maximum Gasteiger partial charge on any atom is 0.255 e. The van der Waals surface area contributed by atoms with E-state index < -0.39 is 11.6 Å². The predicted octanol–water partition coefficient (Wildman–Crippen LogP) is 3.89. The van der Waals surface area contributed by atoms with Gasteiger partial charge in [0.25, 0.3) is 5.91 Å². The van der Waals surface area contributed by atoms with Gasteiger partial charge in [0.15, 0.2) is 17.4 Å². The van der Waals surface area contributed by atoms with Crippen LogP contribution in [0.3, 0.4) is 0 Å². The highest BCUT2D eigenvalue weighted by Gasteiger charge is 2.33. The van der Waals surface area contributed by atoms with Gasteiger partial charge in [0.05, 0.1) is 35.9 Å². The van der Waals surface area contributed by atoms with Crippen LogP contribution < -0.4 is 15.4 Å². The van der Waals surface area contributed by atoms with Crippen molar-refractivity contribution in [3.8, 4) is 17.0 Å². The highest BCUT2D eigenvalue weighted by atomic mass is 19.1. The third kappa shape index (κ3) is 4.03. The molecule has 0 aliphatic carbocycles. The first-order chi connectivity index (χ1) is 15.4. The van der Waals surface area contributed by atoms with Crippen molar-refractivity contribution in [1.82, 2.24) is 20.2 Å². The standard InChI is InChI=1S/C23H25F2N5O2/c1-30(2)10-8-13-11-27-23(31)18-19(13)29-20(14-7-9-26-12-16(14)25)21(18)28-17-6-4-5-15(24)22(17)32-3/h4-7,9,12-13,28-29H,8,10-11H2,1-3H3,(H,27,31)/t13-/m0/s1. The van der Waals surface area contributed by atoms with Crippen LogP contribution in [0.15, 0.2) is 36.7 Å². The summed E-state index contributed by atoms with van der Waals surface area (Å²) in [5.41, 5.74) is 2.45. The Bertz CT molecular complexity index is 1150. The molecular formula is C23H25F2N5O2. The van der Waals surface area contributed by atoms with E-state index in [0.717, 1.165) is 24.9 Å². The number of carbonyl (C=O) groups excluding carboxylic acids is 1. The lowest BCUT2D eigenvalue weighted by Crippen LogP contribution is -2.36. The van der Waals surface area contributed by atoms with E-state index in [0.29, 0.717) is 29.2 Å². The molecule has 0 radical (unpaired) electrons. The van der Waals surface area contributed by atoms with E-state index in [1.54, 1.807) is 6.07 Å². The lowest BCUT2D eigenvalue weighted by atomic mass is 9.93. The summed E-state index contributed by atoms with van der Waals surface area (Å²) in [4.78, 5) is 22.1. The van der Waals surface area contributed by atoms with Crippen LogP contribution in [0.5, 0.6) is 5.75 Å². The largest absolute Gasteiger partial charge is 0.492 e. The normalized spacial score (nSPS) is 15.4. The predicted molar refractivity (Wildman–Crippen MR) is 118 cm³/mol. The number of benzene rings is 1. The number of nitrogens with zero attached hydrogens (tertiary/aromatic N) is 2. The number of amides is 1. The van der Waals surface area contributed by atoms with Crippen LogP contribution in [0, 0.1) is 11.6 Å². The molecule has 32 heavy (non-hydrogen) atoms. The number of methoxy groups -OCH3 is 1. The number of H-pyrrole nitrogens is 1. The summed E-state index contributed by atoms with van der Waals surface area (Å²) in [6.45, 7) is 1.29. The lowest BCUT2D eigenvalue weighted by molar-refractivity contribution is 0.0939. The molecule has 0 saturated heterocycles. The topological polar surface area (TPSA) is 82.3 Å². The van der Waals surface area contributed by atoms with Crippen LogP contribution in [0.2, 0.25) is 0 Å². The van der Waals surface area contributed by atoms with Crippen molar-refractivity contribution in [1.29, 1.82) is 0 Å². The van der Waals surface area contributed by atoms with E-state index in [1.807, 2.05) is 14.1 Å². The van der Waals surface area contributed by atoms with E-state index in [-0.39, 0.29) is 23.1 Å². The fourth-order valence-corrected chi connectivity index (χ4v) is 3.98. The number of ether oxygens (including phenoxy) is 1. The zero-order chi connectivity index (χ0) is 22.8. The Morgan fingerprint density at radius 2 is 2.06 bits per heavy atom. The smallest absolute Gasteiger partial charge is 0.255 e. The number of anilines is 2. The summed E-state index contributed by atoms with van der Waals surface area (Å²) in [6, 6.07) is 5.99. The maximum absolute atomic E-state index is 14.7. The van der Waals surface area contributed by atoms with Crippen LogP contribution in [0.1, 0.15) is 28.4 Å². The molecule has 1 atom stereocenters. The summed E-state index contributed by atoms with van der Waals surface area (Å²) in [7, 11) is 5.33. The molecule has 1 aromatic carbocycles. The monoisotopic (exact) mass is 441 g/mol. The van der Waals surface area contributed by atoms with E-state index in [1.165, 1.54) is 31.5 Å². The fourth-order valence-electron chi connectivity index (χ4n) is 3.98. The van der Waals surface area contributed by atoms with Gasteiger partial charge in [-0.2, -0.15) is 0 Å². The van der Waals surface area contributed by atoms with Gasteiger partial charge in [0, 0.05) is 29.9 Å². The average Bonchev–Trinajstić information content (AvgIpc) is 3.13. The van der Waals surface area contributed by atoms with Gasteiger partial charge < -0.3 is 25.3 Å². The number of para-hydroxylation sites is 1. The number of rotatable bonds is 7. The zero-order valence-corrected chi connectivity index (χ0v) is 18.1. The number of hydrogen-bond donors (Lipinski definition) is 3. The molecule has 0 saturated carbocycles. The first-order valence-electron chi connectivity index (χ1n) is 10.3. The fraction of sp³-hybridized carbons (Fsp3) is 0.304. The molecular weight excluding hydrogens is 416 g/mol. The molecule has 1 aliphatic rings. The molecule has 1 amide bonds. The second kappa shape index (κ2) is 8.96. The van der Waals surface area contributed by atoms with Crippen LogP contribution in [-0.2, 0) is 0 Å². The molecule has 7 nitrogen and oxygen atoms in total. The van der Waals surface area contributed by atoms with Crippen molar-refractivity contribution in [3.63, 3.8) is 0 Å². The molecule has 2 aromatic heterocycles. The Morgan fingerprint density at radius 3 is 2.78 bits per heavy atom. The quantitative estimate of drug-likeness (QED) is 0.518. The summed E-state index contributed by atoms with van der Waals surface area (Å²) >= 11 is 0. The van der Waals surface area contributed by atoms with Crippen molar-refractivity contribution >= 4 is 17.3 Å². The number of pyridine rings is 1. The van der Waals surface area contributed by atoms with Gasteiger partial charge >= 0.3 is 0 Å². The summed E-state index contributed by atoms with van der Waals surface area (Å²) in [6.07, 6.45) is 3.39. The Kier molecular flexibility index (Phi) is 6.09. The van der Waals surface area contributed by atoms with Crippen LogP contribution in [0.25, 0.3) is 11.3 Å². The SMILES string of the molecule is COc1c(F)cccc1Nc1c(-c2ccncc2F)[nH]c2c1C(=O)NC[C@@H]2CCN(C)C. The van der Waals surface area contributed by atoms with Gasteiger partial charge in [-0.1, -0.05) is 6.07 Å². The molecule has 3 N–H and O–H groups in total. The molecule has 0 spiro atoms. The number of aromatic nitrogens is 2. The summed E-state index contributed by atoms with van der Waals surface area (Å²) < 4.78 is 34.2. The third-order valence-corrected chi connectivity index (χ3v) is 5.57. The van der Waals surface area contributed by atoms with Gasteiger partial charge in [0.2, 0.25) is 0 Å². The minimum Gasteiger partial charge on any atom is -0.492 e. The molecule has 9 heteroatoms. The number of nitrogens with one attached hydrogen (secondary N) is 3. The second-order valence-electron chi connectivity index (χ2n) is 7.96. The van der Waals surface area contributed by atoms with Crippen LogP contribution in [0.4, 0.5) is 20.2 Å². The summed E-state index contributed by atoms with van der Waals surface area (Å²) in [5, 5.41) is 6.06. The molecule has 3 heterocycles. The number of fused-ring (bicyclic) bond motifs is 1. The first kappa shape index (κ1) is 21.8. The van der Waals surface area contributed by atoms with E-state index in [2.05, 4.69) is 25.5 Å². The van der Waals surface area contributed by atoms with Gasteiger partial charge in [-0.3, -0.25) is 9.78 Å². The Balaban J connectivity index is 1.89. The van der Waals surface area contributed by atoms with Gasteiger partial charge in [-0.15, -0.1) is 0 Å². The summed E-state index contributed by atoms with van der Waals surface area (Å²) in [5.74, 6) is -1.35. The van der Waals surface area contributed by atoms with Crippen molar-refractivity contribution in [3.05, 3.63) is 59.6 Å². The van der Waals surface area contributed by atoms with Crippen LogP contribution >= 0.6 is 0 Å². The van der Waals surface area contributed by atoms with Crippen LogP contribution in [-0.4, -0.2) is 55.1 Å². The molecule has 1 aliphatic heterocycles. The number of halogens is 2. The van der Waals surface area contributed by atoms with Crippen molar-refractivity contribution in [2.45, 2.75) is 12.3 Å². The van der Waals surface area contributed by atoms with Gasteiger partial charge in [-0.05, 0) is 45.3 Å². The molecule has 168 valence electrons. The second-order valence-corrected chi connectivity index (χ2v) is 7.96. The Labute approximate surface area is 184 Å². The maximum atomic E-state index is 14.7. The molecule has 4 rings (SSSR count).